The Labute approximate surface area is 102 Å². The fourth-order valence-corrected chi connectivity index (χ4v) is 2.27. The maximum atomic E-state index is 5.59. The zero-order chi connectivity index (χ0) is 11.7. The highest BCUT2D eigenvalue weighted by Crippen LogP contribution is 2.25. The maximum absolute atomic E-state index is 5.59. The molecule has 5 heteroatoms. The Bertz CT molecular complexity index is 612. The van der Waals surface area contributed by atoms with E-state index >= 15 is 0 Å². The molecule has 0 aliphatic heterocycles. The molecule has 3 N–H and O–H groups in total. The van der Waals surface area contributed by atoms with E-state index in [1.807, 2.05) is 36.4 Å². The van der Waals surface area contributed by atoms with Gasteiger partial charge in [0.25, 0.3) is 0 Å². The summed E-state index contributed by atoms with van der Waals surface area (Å²) >= 11 is 1.49. The van der Waals surface area contributed by atoms with Gasteiger partial charge in [-0.2, -0.15) is 0 Å². The molecule has 0 spiro atoms. The normalized spacial score (nSPS) is 10.8. The molecule has 0 amide bonds. The van der Waals surface area contributed by atoms with Gasteiger partial charge in [-0.25, -0.2) is 9.97 Å². The van der Waals surface area contributed by atoms with Crippen LogP contribution in [0.2, 0.25) is 0 Å². The van der Waals surface area contributed by atoms with Crippen molar-refractivity contribution in [1.82, 2.24) is 15.0 Å². The van der Waals surface area contributed by atoms with E-state index in [9.17, 15) is 0 Å². The minimum atomic E-state index is 0.666. The second-order valence-electron chi connectivity index (χ2n) is 3.59. The SMILES string of the molecule is Nc1ccc(Sc2nc3ccccc3[nH]2)nc1. The third kappa shape index (κ3) is 2.09. The molecule has 1 aromatic carbocycles. The summed E-state index contributed by atoms with van der Waals surface area (Å²) in [7, 11) is 0. The van der Waals surface area contributed by atoms with Gasteiger partial charge in [0.15, 0.2) is 5.16 Å². The minimum Gasteiger partial charge on any atom is -0.397 e. The summed E-state index contributed by atoms with van der Waals surface area (Å²) in [5.41, 5.74) is 8.25. The van der Waals surface area contributed by atoms with Gasteiger partial charge in [-0.15, -0.1) is 0 Å². The lowest BCUT2D eigenvalue weighted by atomic mass is 10.3. The van der Waals surface area contributed by atoms with Crippen molar-refractivity contribution in [2.45, 2.75) is 10.2 Å². The first-order valence-corrected chi connectivity index (χ1v) is 5.97. The number of benzene rings is 1. The predicted octanol–water partition coefficient (Wildman–Crippen LogP) is 2.69. The van der Waals surface area contributed by atoms with Crippen LogP contribution < -0.4 is 5.73 Å². The topological polar surface area (TPSA) is 67.6 Å². The standard InChI is InChI=1S/C12H10N4S/c13-8-5-6-11(14-7-8)17-12-15-9-3-1-2-4-10(9)16-12/h1-7H,13H2,(H,15,16). The zero-order valence-corrected chi connectivity index (χ0v) is 9.74. The first-order valence-electron chi connectivity index (χ1n) is 5.15. The summed E-state index contributed by atoms with van der Waals surface area (Å²) in [6, 6.07) is 11.6. The highest BCUT2D eigenvalue weighted by Gasteiger charge is 2.04. The van der Waals surface area contributed by atoms with E-state index in [1.54, 1.807) is 6.20 Å². The highest BCUT2D eigenvalue weighted by atomic mass is 32.2. The van der Waals surface area contributed by atoms with Gasteiger partial charge in [-0.05, 0) is 36.0 Å². The second kappa shape index (κ2) is 4.10. The number of pyridine rings is 1. The number of nitrogens with one attached hydrogen (secondary N) is 1. The number of hydrogen-bond donors (Lipinski definition) is 2. The van der Waals surface area contributed by atoms with Crippen LogP contribution >= 0.6 is 11.8 Å². The number of rotatable bonds is 2. The maximum Gasteiger partial charge on any atom is 0.172 e. The Morgan fingerprint density at radius 2 is 2.00 bits per heavy atom. The van der Waals surface area contributed by atoms with Gasteiger partial charge >= 0.3 is 0 Å². The fraction of sp³-hybridized carbons (Fsp3) is 0. The Kier molecular flexibility index (Phi) is 2.45. The van der Waals surface area contributed by atoms with Gasteiger partial charge < -0.3 is 10.7 Å². The second-order valence-corrected chi connectivity index (χ2v) is 4.60. The molecule has 0 atom stereocenters. The first-order chi connectivity index (χ1) is 8.31. The van der Waals surface area contributed by atoms with Crippen LogP contribution in [0.5, 0.6) is 0 Å². The number of hydrogen-bond acceptors (Lipinski definition) is 4. The molecule has 3 aromatic rings. The molecular weight excluding hydrogens is 232 g/mol. The molecule has 3 rings (SSSR count). The lowest BCUT2D eigenvalue weighted by molar-refractivity contribution is 1.06. The number of H-pyrrole nitrogens is 1. The number of imidazole rings is 1. The molecule has 0 fully saturated rings. The first kappa shape index (κ1) is 10.2. The molecule has 0 saturated carbocycles. The average Bonchev–Trinajstić information content (AvgIpc) is 2.74. The average molecular weight is 242 g/mol. The molecular formula is C12H10N4S. The summed E-state index contributed by atoms with van der Waals surface area (Å²) < 4.78 is 0. The Hall–Kier alpha value is -2.01. The molecule has 84 valence electrons. The minimum absolute atomic E-state index is 0.666. The number of nitrogens with zero attached hydrogens (tertiary/aromatic N) is 2. The van der Waals surface area contributed by atoms with E-state index in [1.165, 1.54) is 11.8 Å². The van der Waals surface area contributed by atoms with E-state index in [0.29, 0.717) is 5.69 Å². The number of fused-ring (bicyclic) bond motifs is 1. The van der Waals surface area contributed by atoms with Gasteiger partial charge in [0, 0.05) is 0 Å². The van der Waals surface area contributed by atoms with Crippen LogP contribution in [-0.4, -0.2) is 15.0 Å². The monoisotopic (exact) mass is 242 g/mol. The quantitative estimate of drug-likeness (QED) is 0.725. The predicted molar refractivity (Wildman–Crippen MR) is 68.9 cm³/mol. The van der Waals surface area contributed by atoms with E-state index in [4.69, 9.17) is 5.73 Å². The van der Waals surface area contributed by atoms with Crippen molar-refractivity contribution in [3.8, 4) is 0 Å². The van der Waals surface area contributed by atoms with Gasteiger partial charge in [-0.3, -0.25) is 0 Å². The summed E-state index contributed by atoms with van der Waals surface area (Å²) in [6.45, 7) is 0. The van der Waals surface area contributed by atoms with E-state index in [0.717, 1.165) is 21.2 Å². The Morgan fingerprint density at radius 1 is 1.12 bits per heavy atom. The lowest BCUT2D eigenvalue weighted by Crippen LogP contribution is -1.86. The number of nitrogens with two attached hydrogens (primary N) is 1. The van der Waals surface area contributed by atoms with Crippen LogP contribution in [0.1, 0.15) is 0 Å². The van der Waals surface area contributed by atoms with E-state index in [-0.39, 0.29) is 0 Å². The molecule has 0 bridgehead atoms. The smallest absolute Gasteiger partial charge is 0.172 e. The molecule has 0 radical (unpaired) electrons. The van der Waals surface area contributed by atoms with Crippen LogP contribution in [0.4, 0.5) is 5.69 Å². The van der Waals surface area contributed by atoms with Crippen LogP contribution in [0, 0.1) is 0 Å². The van der Waals surface area contributed by atoms with Crippen molar-refractivity contribution in [3.63, 3.8) is 0 Å². The largest absolute Gasteiger partial charge is 0.397 e. The van der Waals surface area contributed by atoms with Crippen LogP contribution in [0.15, 0.2) is 52.8 Å². The third-order valence-electron chi connectivity index (χ3n) is 2.33. The van der Waals surface area contributed by atoms with Gasteiger partial charge in [0.1, 0.15) is 5.03 Å². The number of aromatic nitrogens is 3. The molecule has 2 heterocycles. The zero-order valence-electron chi connectivity index (χ0n) is 8.92. The van der Waals surface area contributed by atoms with E-state index < -0.39 is 0 Å². The fourth-order valence-electron chi connectivity index (χ4n) is 1.53. The number of anilines is 1. The van der Waals surface area contributed by atoms with Gasteiger partial charge in [0.05, 0.1) is 22.9 Å². The number of para-hydroxylation sites is 2. The van der Waals surface area contributed by atoms with Gasteiger partial charge in [-0.1, -0.05) is 12.1 Å². The van der Waals surface area contributed by atoms with Crippen LogP contribution in [0.25, 0.3) is 11.0 Å². The van der Waals surface area contributed by atoms with Crippen molar-refractivity contribution in [3.05, 3.63) is 42.6 Å². The third-order valence-corrected chi connectivity index (χ3v) is 3.17. The van der Waals surface area contributed by atoms with Crippen molar-refractivity contribution >= 4 is 28.5 Å². The van der Waals surface area contributed by atoms with Crippen LogP contribution in [-0.2, 0) is 0 Å². The summed E-state index contributed by atoms with van der Waals surface area (Å²) in [4.78, 5) is 11.9. The number of aromatic amines is 1. The Morgan fingerprint density at radius 3 is 2.76 bits per heavy atom. The van der Waals surface area contributed by atoms with Crippen molar-refractivity contribution in [1.29, 1.82) is 0 Å². The lowest BCUT2D eigenvalue weighted by Gasteiger charge is -1.96. The van der Waals surface area contributed by atoms with Gasteiger partial charge in [0.2, 0.25) is 0 Å². The Balaban J connectivity index is 1.92. The summed E-state index contributed by atoms with van der Waals surface area (Å²) in [5, 5.41) is 1.71. The highest BCUT2D eigenvalue weighted by molar-refractivity contribution is 7.99. The van der Waals surface area contributed by atoms with Crippen molar-refractivity contribution in [2.75, 3.05) is 5.73 Å². The molecule has 0 saturated heterocycles. The summed E-state index contributed by atoms with van der Waals surface area (Å²) in [6.07, 6.45) is 1.64. The summed E-state index contributed by atoms with van der Waals surface area (Å²) in [5.74, 6) is 0. The molecule has 4 nitrogen and oxygen atoms in total. The molecule has 0 aliphatic carbocycles. The van der Waals surface area contributed by atoms with E-state index in [2.05, 4.69) is 15.0 Å². The molecule has 17 heavy (non-hydrogen) atoms. The molecule has 0 unspecified atom stereocenters. The molecule has 0 aliphatic rings. The van der Waals surface area contributed by atoms with Crippen molar-refractivity contribution in [2.24, 2.45) is 0 Å². The van der Waals surface area contributed by atoms with Crippen molar-refractivity contribution < 1.29 is 0 Å². The number of nitrogen functional groups attached to an aromatic ring is 1. The van der Waals surface area contributed by atoms with Crippen LogP contribution in [0.3, 0.4) is 0 Å². The molecule has 2 aromatic heterocycles.